The van der Waals surface area contributed by atoms with Crippen LogP contribution in [0.15, 0.2) is 28.7 Å². The first-order valence-corrected chi connectivity index (χ1v) is 7.78. The van der Waals surface area contributed by atoms with Gasteiger partial charge in [-0.25, -0.2) is 4.79 Å². The molecule has 1 aliphatic heterocycles. The summed E-state index contributed by atoms with van der Waals surface area (Å²) >= 11 is 3.34. The Morgan fingerprint density at radius 1 is 1.36 bits per heavy atom. The maximum absolute atomic E-state index is 12.3. The van der Waals surface area contributed by atoms with Gasteiger partial charge in [-0.1, -0.05) is 12.1 Å². The molecule has 2 N–H and O–H groups in total. The van der Waals surface area contributed by atoms with Gasteiger partial charge in [0.25, 0.3) is 5.91 Å². The Hall–Kier alpha value is -1.60. The van der Waals surface area contributed by atoms with E-state index in [2.05, 4.69) is 21.2 Å². The summed E-state index contributed by atoms with van der Waals surface area (Å²) in [6.45, 7) is 2.21. The number of carbonyl (C=O) groups excluding carboxylic acids is 1. The Morgan fingerprint density at radius 2 is 2.00 bits per heavy atom. The van der Waals surface area contributed by atoms with E-state index in [4.69, 9.17) is 9.47 Å². The maximum Gasteiger partial charge on any atom is 0.329 e. The number of benzene rings is 1. The zero-order valence-corrected chi connectivity index (χ0v) is 13.8. The molecule has 120 valence electrons. The standard InChI is InChI=1S/C15H18BrNO5/c1-10(22-12-5-3-2-4-11(12)16)13(18)17-15(14(19)20)6-8-21-9-7-15/h2-5,10H,6-9H2,1H3,(H,17,18)(H,19,20). The summed E-state index contributed by atoms with van der Waals surface area (Å²) in [5.41, 5.74) is -1.28. The second-order valence-electron chi connectivity index (χ2n) is 5.18. The zero-order chi connectivity index (χ0) is 16.2. The van der Waals surface area contributed by atoms with E-state index in [-0.39, 0.29) is 12.8 Å². The second kappa shape index (κ2) is 7.11. The molecule has 1 heterocycles. The van der Waals surface area contributed by atoms with Crippen molar-refractivity contribution < 1.29 is 24.2 Å². The Balaban J connectivity index is 2.04. The first-order valence-electron chi connectivity index (χ1n) is 6.99. The van der Waals surface area contributed by atoms with E-state index in [1.165, 1.54) is 0 Å². The van der Waals surface area contributed by atoms with E-state index in [9.17, 15) is 14.7 Å². The van der Waals surface area contributed by atoms with E-state index >= 15 is 0 Å². The highest BCUT2D eigenvalue weighted by Gasteiger charge is 2.42. The molecule has 1 unspecified atom stereocenters. The van der Waals surface area contributed by atoms with Gasteiger partial charge in [0.15, 0.2) is 6.10 Å². The number of carbonyl (C=O) groups is 2. The third-order valence-corrected chi connectivity index (χ3v) is 4.28. The Bertz CT molecular complexity index is 557. The molecule has 0 spiro atoms. The van der Waals surface area contributed by atoms with Crippen molar-refractivity contribution in [2.75, 3.05) is 13.2 Å². The van der Waals surface area contributed by atoms with Gasteiger partial charge in [-0.05, 0) is 35.0 Å². The van der Waals surface area contributed by atoms with Crippen molar-refractivity contribution in [3.63, 3.8) is 0 Å². The number of para-hydroxylation sites is 1. The molecule has 7 heteroatoms. The van der Waals surface area contributed by atoms with Crippen LogP contribution in [0.1, 0.15) is 19.8 Å². The van der Waals surface area contributed by atoms with Crippen LogP contribution in [0.5, 0.6) is 5.75 Å². The smallest absolute Gasteiger partial charge is 0.329 e. The number of carboxylic acids is 1. The minimum Gasteiger partial charge on any atom is -0.480 e. The van der Waals surface area contributed by atoms with E-state index in [0.29, 0.717) is 19.0 Å². The lowest BCUT2D eigenvalue weighted by Gasteiger charge is -2.34. The molecular weight excluding hydrogens is 354 g/mol. The molecule has 0 radical (unpaired) electrons. The average molecular weight is 372 g/mol. The molecule has 1 aromatic carbocycles. The van der Waals surface area contributed by atoms with Gasteiger partial charge in [0.1, 0.15) is 11.3 Å². The van der Waals surface area contributed by atoms with Gasteiger partial charge in [-0.3, -0.25) is 4.79 Å². The van der Waals surface area contributed by atoms with Gasteiger partial charge < -0.3 is 19.9 Å². The molecule has 1 aliphatic rings. The number of ether oxygens (including phenoxy) is 2. The summed E-state index contributed by atoms with van der Waals surface area (Å²) < 4.78 is 11.5. The zero-order valence-electron chi connectivity index (χ0n) is 12.2. The molecule has 2 rings (SSSR count). The summed E-state index contributed by atoms with van der Waals surface area (Å²) in [6.07, 6.45) is -0.316. The van der Waals surface area contributed by atoms with Gasteiger partial charge in [0, 0.05) is 26.1 Å². The lowest BCUT2D eigenvalue weighted by Crippen LogP contribution is -2.59. The van der Waals surface area contributed by atoms with Gasteiger partial charge in [-0.2, -0.15) is 0 Å². The van der Waals surface area contributed by atoms with Crippen molar-refractivity contribution in [2.24, 2.45) is 0 Å². The average Bonchev–Trinajstić information content (AvgIpc) is 2.50. The third-order valence-electron chi connectivity index (χ3n) is 3.63. The molecule has 1 amide bonds. The van der Waals surface area contributed by atoms with Gasteiger partial charge in [0.2, 0.25) is 0 Å². The maximum atomic E-state index is 12.3. The normalized spacial score (nSPS) is 18.3. The second-order valence-corrected chi connectivity index (χ2v) is 6.03. The minimum atomic E-state index is -1.28. The van der Waals surface area contributed by atoms with Crippen LogP contribution in [0.4, 0.5) is 0 Å². The van der Waals surface area contributed by atoms with Crippen molar-refractivity contribution in [1.82, 2.24) is 5.32 Å². The Labute approximate surface area is 136 Å². The van der Waals surface area contributed by atoms with Crippen LogP contribution in [0.25, 0.3) is 0 Å². The molecule has 22 heavy (non-hydrogen) atoms. The van der Waals surface area contributed by atoms with Crippen molar-refractivity contribution in [1.29, 1.82) is 0 Å². The summed E-state index contributed by atoms with van der Waals surface area (Å²) in [5.74, 6) is -0.973. The van der Waals surface area contributed by atoms with Crippen LogP contribution < -0.4 is 10.1 Å². The molecule has 1 aromatic rings. The quantitative estimate of drug-likeness (QED) is 0.826. The van der Waals surface area contributed by atoms with Crippen molar-refractivity contribution in [2.45, 2.75) is 31.4 Å². The highest BCUT2D eigenvalue weighted by atomic mass is 79.9. The highest BCUT2D eigenvalue weighted by Crippen LogP contribution is 2.25. The number of nitrogens with one attached hydrogen (secondary N) is 1. The molecular formula is C15H18BrNO5. The summed E-state index contributed by atoms with van der Waals surface area (Å²) in [6, 6.07) is 7.16. The fourth-order valence-electron chi connectivity index (χ4n) is 2.23. The molecule has 0 aliphatic carbocycles. The largest absolute Gasteiger partial charge is 0.480 e. The molecule has 1 fully saturated rings. The summed E-state index contributed by atoms with van der Waals surface area (Å²) in [5, 5.41) is 12.0. The van der Waals surface area contributed by atoms with E-state index in [1.54, 1.807) is 25.1 Å². The fourth-order valence-corrected chi connectivity index (χ4v) is 2.61. The SMILES string of the molecule is CC(Oc1ccccc1Br)C(=O)NC1(C(=O)O)CCOCC1. The topological polar surface area (TPSA) is 84.9 Å². The first-order chi connectivity index (χ1) is 10.4. The summed E-state index contributed by atoms with van der Waals surface area (Å²) in [4.78, 5) is 23.8. The number of hydrogen-bond acceptors (Lipinski definition) is 4. The predicted octanol–water partition coefficient (Wildman–Crippen LogP) is 1.97. The number of rotatable bonds is 5. The number of carboxylic acid groups (broad SMARTS) is 1. The van der Waals surface area contributed by atoms with Crippen molar-refractivity contribution in [3.8, 4) is 5.75 Å². The van der Waals surface area contributed by atoms with Crippen molar-refractivity contribution in [3.05, 3.63) is 28.7 Å². The van der Waals surface area contributed by atoms with Crippen LogP contribution in [-0.4, -0.2) is 41.8 Å². The van der Waals surface area contributed by atoms with Gasteiger partial charge in [-0.15, -0.1) is 0 Å². The van der Waals surface area contributed by atoms with Crippen LogP contribution in [0, 0.1) is 0 Å². The molecule has 0 aromatic heterocycles. The van der Waals surface area contributed by atoms with E-state index < -0.39 is 23.5 Å². The predicted molar refractivity (Wildman–Crippen MR) is 82.8 cm³/mol. The molecule has 0 saturated carbocycles. The van der Waals surface area contributed by atoms with E-state index in [0.717, 1.165) is 4.47 Å². The van der Waals surface area contributed by atoms with Crippen LogP contribution >= 0.6 is 15.9 Å². The summed E-state index contributed by atoms with van der Waals surface area (Å²) in [7, 11) is 0. The van der Waals surface area contributed by atoms with Gasteiger partial charge in [0.05, 0.1) is 4.47 Å². The molecule has 1 atom stereocenters. The first kappa shape index (κ1) is 16.8. The van der Waals surface area contributed by atoms with Gasteiger partial charge >= 0.3 is 5.97 Å². The van der Waals surface area contributed by atoms with Crippen LogP contribution in [-0.2, 0) is 14.3 Å². The molecule has 1 saturated heterocycles. The number of aliphatic carboxylic acids is 1. The highest BCUT2D eigenvalue weighted by molar-refractivity contribution is 9.10. The van der Waals surface area contributed by atoms with Crippen LogP contribution in [0.2, 0.25) is 0 Å². The lowest BCUT2D eigenvalue weighted by atomic mass is 9.90. The van der Waals surface area contributed by atoms with Crippen molar-refractivity contribution >= 4 is 27.8 Å². The number of amides is 1. The van der Waals surface area contributed by atoms with E-state index in [1.807, 2.05) is 6.07 Å². The number of halogens is 1. The fraction of sp³-hybridized carbons (Fsp3) is 0.467. The lowest BCUT2D eigenvalue weighted by molar-refractivity contribution is -0.153. The molecule has 0 bridgehead atoms. The Kier molecular flexibility index (Phi) is 5.42. The third kappa shape index (κ3) is 3.78. The van der Waals surface area contributed by atoms with Crippen LogP contribution in [0.3, 0.4) is 0 Å². The monoisotopic (exact) mass is 371 g/mol. The molecule has 6 nitrogen and oxygen atoms in total. The minimum absolute atomic E-state index is 0.246. The Morgan fingerprint density at radius 3 is 2.59 bits per heavy atom. The number of hydrogen-bond donors (Lipinski definition) is 2.